The van der Waals surface area contributed by atoms with E-state index in [9.17, 15) is 0 Å². The van der Waals surface area contributed by atoms with Crippen molar-refractivity contribution in [3.63, 3.8) is 0 Å². The van der Waals surface area contributed by atoms with Crippen LogP contribution in [-0.2, 0) is 17.7 Å². The number of thiazole rings is 1. The lowest BCUT2D eigenvalue weighted by Crippen LogP contribution is -2.37. The van der Waals surface area contributed by atoms with E-state index >= 15 is 0 Å². The van der Waals surface area contributed by atoms with E-state index in [2.05, 4.69) is 22.2 Å². The average molecular weight is 270 g/mol. The molecule has 2 heterocycles. The zero-order valence-corrected chi connectivity index (χ0v) is 11.8. The molecule has 0 amide bonds. The van der Waals surface area contributed by atoms with Crippen molar-refractivity contribution in [1.29, 1.82) is 0 Å². The molecule has 0 unspecified atom stereocenters. The first-order chi connectivity index (χ1) is 8.81. The summed E-state index contributed by atoms with van der Waals surface area (Å²) < 4.78 is 5.56. The van der Waals surface area contributed by atoms with Crippen molar-refractivity contribution < 1.29 is 9.84 Å². The summed E-state index contributed by atoms with van der Waals surface area (Å²) in [5, 5.41) is 12.1. The Morgan fingerprint density at radius 1 is 1.50 bits per heavy atom. The summed E-state index contributed by atoms with van der Waals surface area (Å²) in [5.74, 6) is 0. The van der Waals surface area contributed by atoms with E-state index in [4.69, 9.17) is 9.84 Å². The molecule has 0 bridgehead atoms. The number of piperidine rings is 1. The molecule has 0 atom stereocenters. The van der Waals surface area contributed by atoms with Gasteiger partial charge in [-0.05, 0) is 19.3 Å². The van der Waals surface area contributed by atoms with Gasteiger partial charge in [0, 0.05) is 25.0 Å². The van der Waals surface area contributed by atoms with Crippen molar-refractivity contribution in [2.45, 2.75) is 38.8 Å². The monoisotopic (exact) mass is 270 g/mol. The molecule has 2 rings (SSSR count). The smallest absolute Gasteiger partial charge is 0.0926 e. The van der Waals surface area contributed by atoms with E-state index in [0.717, 1.165) is 38.9 Å². The average Bonchev–Trinajstić information content (AvgIpc) is 2.86. The number of aliphatic hydroxyl groups excluding tert-OH is 1. The fraction of sp³-hybridized carbons (Fsp3) is 0.769. The van der Waals surface area contributed by atoms with Crippen LogP contribution in [0.15, 0.2) is 5.38 Å². The minimum atomic E-state index is 0.124. The molecular formula is C13H22N2O2S. The van der Waals surface area contributed by atoms with Crippen molar-refractivity contribution in [3.8, 4) is 0 Å². The number of likely N-dealkylation sites (tertiary alicyclic amines) is 1. The Morgan fingerprint density at radius 2 is 2.28 bits per heavy atom. The molecule has 1 aliphatic heterocycles. The largest absolute Gasteiger partial charge is 0.394 e. The quantitative estimate of drug-likeness (QED) is 0.854. The minimum Gasteiger partial charge on any atom is -0.394 e. The van der Waals surface area contributed by atoms with Crippen LogP contribution < -0.4 is 0 Å². The van der Waals surface area contributed by atoms with Crippen LogP contribution in [0.3, 0.4) is 0 Å². The molecule has 0 radical (unpaired) electrons. The van der Waals surface area contributed by atoms with Crippen LogP contribution in [0.4, 0.5) is 0 Å². The second-order valence-electron chi connectivity index (χ2n) is 4.66. The van der Waals surface area contributed by atoms with Crippen LogP contribution in [-0.4, -0.2) is 47.4 Å². The predicted octanol–water partition coefficient (Wildman–Crippen LogP) is 1.68. The lowest BCUT2D eigenvalue weighted by molar-refractivity contribution is -0.00917. The van der Waals surface area contributed by atoms with Crippen molar-refractivity contribution in [1.82, 2.24) is 9.88 Å². The molecule has 0 spiro atoms. The number of hydrogen-bond acceptors (Lipinski definition) is 5. The Labute approximate surface area is 113 Å². The van der Waals surface area contributed by atoms with E-state index in [-0.39, 0.29) is 6.61 Å². The molecule has 1 aromatic rings. The zero-order chi connectivity index (χ0) is 12.8. The Bertz CT molecular complexity index is 349. The summed E-state index contributed by atoms with van der Waals surface area (Å²) in [6, 6.07) is 0. The van der Waals surface area contributed by atoms with Crippen LogP contribution in [0.5, 0.6) is 0 Å². The molecule has 102 valence electrons. The lowest BCUT2D eigenvalue weighted by atomic mass is 10.1. The molecule has 4 nitrogen and oxygen atoms in total. The Hall–Kier alpha value is -0.490. The highest BCUT2D eigenvalue weighted by Crippen LogP contribution is 2.17. The molecule has 1 aliphatic rings. The van der Waals surface area contributed by atoms with E-state index < -0.39 is 0 Å². The second-order valence-corrected chi connectivity index (χ2v) is 5.60. The highest BCUT2D eigenvalue weighted by Gasteiger charge is 2.20. The Morgan fingerprint density at radius 3 is 2.89 bits per heavy atom. The molecule has 0 aromatic carbocycles. The van der Waals surface area contributed by atoms with E-state index in [1.807, 2.05) is 0 Å². The van der Waals surface area contributed by atoms with Crippen molar-refractivity contribution in [2.75, 3.05) is 26.3 Å². The third-order valence-electron chi connectivity index (χ3n) is 3.27. The van der Waals surface area contributed by atoms with Gasteiger partial charge in [0.05, 0.1) is 30.0 Å². The maximum Gasteiger partial charge on any atom is 0.0926 e. The molecule has 1 N–H and O–H groups in total. The van der Waals surface area contributed by atoms with Gasteiger partial charge in [-0.15, -0.1) is 11.3 Å². The molecule has 1 fully saturated rings. The van der Waals surface area contributed by atoms with E-state index in [1.165, 1.54) is 10.7 Å². The third-order valence-corrected chi connectivity index (χ3v) is 4.31. The van der Waals surface area contributed by atoms with Gasteiger partial charge in [-0.2, -0.15) is 0 Å². The molecule has 5 heteroatoms. The van der Waals surface area contributed by atoms with Crippen molar-refractivity contribution in [2.24, 2.45) is 0 Å². The van der Waals surface area contributed by atoms with Crippen LogP contribution in [0.25, 0.3) is 0 Å². The summed E-state index contributed by atoms with van der Waals surface area (Å²) in [7, 11) is 0. The van der Waals surface area contributed by atoms with Gasteiger partial charge in [-0.25, -0.2) is 4.98 Å². The highest BCUT2D eigenvalue weighted by atomic mass is 32.1. The number of rotatable bonds is 6. The minimum absolute atomic E-state index is 0.124. The summed E-state index contributed by atoms with van der Waals surface area (Å²) in [6.07, 6.45) is 3.48. The van der Waals surface area contributed by atoms with Crippen molar-refractivity contribution >= 4 is 11.3 Å². The summed E-state index contributed by atoms with van der Waals surface area (Å²) in [5.41, 5.74) is 1.20. The number of hydrogen-bond donors (Lipinski definition) is 1. The van der Waals surface area contributed by atoms with Crippen LogP contribution >= 0.6 is 11.3 Å². The number of aliphatic hydroxyl groups is 1. The van der Waals surface area contributed by atoms with Crippen LogP contribution in [0.1, 0.15) is 30.5 Å². The fourth-order valence-electron chi connectivity index (χ4n) is 2.27. The van der Waals surface area contributed by atoms with Gasteiger partial charge in [-0.3, -0.25) is 4.90 Å². The summed E-state index contributed by atoms with van der Waals surface area (Å²) in [4.78, 5) is 7.04. The first-order valence-corrected chi connectivity index (χ1v) is 7.58. The summed E-state index contributed by atoms with van der Waals surface area (Å²) in [6.45, 7) is 5.83. The molecule has 18 heavy (non-hydrogen) atoms. The third kappa shape index (κ3) is 4.02. The normalized spacial score (nSPS) is 18.3. The Balaban J connectivity index is 1.73. The van der Waals surface area contributed by atoms with Gasteiger partial charge < -0.3 is 9.84 Å². The first kappa shape index (κ1) is 13.9. The molecular weight excluding hydrogens is 248 g/mol. The maximum atomic E-state index is 8.73. The van der Waals surface area contributed by atoms with E-state index in [0.29, 0.717) is 12.7 Å². The standard InChI is InChI=1S/C13H22N2O2S/c1-2-13-14-11(10-18-13)9-15-5-3-12(4-6-15)17-8-7-16/h10,12,16H,2-9H2,1H3. The number of ether oxygens (including phenoxy) is 1. The molecule has 0 aliphatic carbocycles. The first-order valence-electron chi connectivity index (χ1n) is 6.70. The van der Waals surface area contributed by atoms with Gasteiger partial charge in [0.15, 0.2) is 0 Å². The molecule has 1 aromatic heterocycles. The predicted molar refractivity (Wildman–Crippen MR) is 72.8 cm³/mol. The highest BCUT2D eigenvalue weighted by molar-refractivity contribution is 7.09. The molecule has 1 saturated heterocycles. The van der Waals surface area contributed by atoms with E-state index in [1.54, 1.807) is 11.3 Å². The van der Waals surface area contributed by atoms with Crippen molar-refractivity contribution in [3.05, 3.63) is 16.1 Å². The van der Waals surface area contributed by atoms with Gasteiger partial charge in [0.1, 0.15) is 0 Å². The van der Waals surface area contributed by atoms with Gasteiger partial charge in [-0.1, -0.05) is 6.92 Å². The van der Waals surface area contributed by atoms with Crippen LogP contribution in [0, 0.1) is 0 Å². The zero-order valence-electron chi connectivity index (χ0n) is 11.0. The maximum absolute atomic E-state index is 8.73. The van der Waals surface area contributed by atoms with Crippen LogP contribution in [0.2, 0.25) is 0 Å². The Kier molecular flexibility index (Phi) is 5.56. The number of nitrogens with zero attached hydrogens (tertiary/aromatic N) is 2. The summed E-state index contributed by atoms with van der Waals surface area (Å²) >= 11 is 1.76. The number of aryl methyl sites for hydroxylation is 1. The van der Waals surface area contributed by atoms with Gasteiger partial charge >= 0.3 is 0 Å². The number of aromatic nitrogens is 1. The second kappa shape index (κ2) is 7.19. The topological polar surface area (TPSA) is 45.6 Å². The molecule has 0 saturated carbocycles. The van der Waals surface area contributed by atoms with Gasteiger partial charge in [0.25, 0.3) is 0 Å². The van der Waals surface area contributed by atoms with Gasteiger partial charge in [0.2, 0.25) is 0 Å². The lowest BCUT2D eigenvalue weighted by Gasteiger charge is -2.31. The SMILES string of the molecule is CCc1nc(CN2CCC(OCCO)CC2)cs1. The fourth-order valence-corrected chi connectivity index (χ4v) is 3.00.